The van der Waals surface area contributed by atoms with Crippen molar-refractivity contribution in [1.82, 2.24) is 5.48 Å². The summed E-state index contributed by atoms with van der Waals surface area (Å²) in [5.74, 6) is 0.400. The maximum absolute atomic E-state index is 12.4. The van der Waals surface area contributed by atoms with Crippen LogP contribution in [0.5, 0.6) is 0 Å². The van der Waals surface area contributed by atoms with Crippen LogP contribution in [0.15, 0.2) is 24.3 Å². The zero-order valence-electron chi connectivity index (χ0n) is 10.7. The molecule has 0 spiro atoms. The van der Waals surface area contributed by atoms with Crippen molar-refractivity contribution in [1.29, 1.82) is 0 Å². The molecule has 0 aliphatic rings. The molecule has 1 N–H and O–H groups in total. The third-order valence-corrected chi connectivity index (χ3v) is 2.41. The first-order chi connectivity index (χ1) is 8.30. The smallest absolute Gasteiger partial charge is 0.301 e. The third-order valence-electron chi connectivity index (χ3n) is 2.41. The molecule has 0 radical (unpaired) electrons. The van der Waals surface area contributed by atoms with Crippen LogP contribution in [0.1, 0.15) is 37.9 Å². The molecule has 0 saturated carbocycles. The van der Waals surface area contributed by atoms with Crippen molar-refractivity contribution >= 4 is 0 Å². The quantitative estimate of drug-likeness (QED) is 0.810. The molecule has 0 fully saturated rings. The van der Waals surface area contributed by atoms with Gasteiger partial charge in [0.25, 0.3) is 0 Å². The van der Waals surface area contributed by atoms with E-state index in [-0.39, 0.29) is 6.04 Å². The summed E-state index contributed by atoms with van der Waals surface area (Å²) < 4.78 is 37.1. The Morgan fingerprint density at radius 3 is 2.11 bits per heavy atom. The molecular formula is C13H18F3NO. The van der Waals surface area contributed by atoms with Crippen molar-refractivity contribution < 1.29 is 18.0 Å². The highest BCUT2D eigenvalue weighted by atomic mass is 19.4. The molecule has 1 atom stereocenters. The van der Waals surface area contributed by atoms with E-state index in [1.54, 1.807) is 0 Å². The minimum atomic E-state index is -4.29. The van der Waals surface area contributed by atoms with Gasteiger partial charge in [0, 0.05) is 0 Å². The standard InChI is InChI=1S/C13H18F3NO/c1-9(2)8-18-17-10(3)11-4-6-12(7-5-11)13(14,15)16/h4-7,9-10,17H,8H2,1-3H3. The normalized spacial score (nSPS) is 13.9. The highest BCUT2D eigenvalue weighted by molar-refractivity contribution is 5.26. The Hall–Kier alpha value is -1.07. The Morgan fingerprint density at radius 2 is 1.67 bits per heavy atom. The van der Waals surface area contributed by atoms with Crippen molar-refractivity contribution in [2.45, 2.75) is 33.0 Å². The number of nitrogens with one attached hydrogen (secondary N) is 1. The fraction of sp³-hybridized carbons (Fsp3) is 0.538. The Bertz CT molecular complexity index is 359. The van der Waals surface area contributed by atoms with Gasteiger partial charge in [-0.2, -0.15) is 18.7 Å². The fourth-order valence-corrected chi connectivity index (χ4v) is 1.37. The van der Waals surface area contributed by atoms with E-state index in [1.165, 1.54) is 12.1 Å². The Balaban J connectivity index is 2.56. The summed E-state index contributed by atoms with van der Waals surface area (Å²) in [6.45, 7) is 6.43. The van der Waals surface area contributed by atoms with E-state index in [0.29, 0.717) is 12.5 Å². The molecule has 0 saturated heterocycles. The van der Waals surface area contributed by atoms with E-state index in [2.05, 4.69) is 5.48 Å². The Kier molecular flexibility index (Phi) is 5.16. The van der Waals surface area contributed by atoms with Gasteiger partial charge in [0.2, 0.25) is 0 Å². The van der Waals surface area contributed by atoms with E-state index >= 15 is 0 Å². The maximum Gasteiger partial charge on any atom is 0.416 e. The van der Waals surface area contributed by atoms with Crippen molar-refractivity contribution in [3.8, 4) is 0 Å². The van der Waals surface area contributed by atoms with Crippen LogP contribution < -0.4 is 5.48 Å². The average molecular weight is 261 g/mol. The van der Waals surface area contributed by atoms with Gasteiger partial charge in [0.15, 0.2) is 0 Å². The van der Waals surface area contributed by atoms with Crippen LogP contribution in [0.3, 0.4) is 0 Å². The number of hydroxylamine groups is 1. The zero-order valence-corrected chi connectivity index (χ0v) is 10.7. The van der Waals surface area contributed by atoms with Crippen molar-refractivity contribution in [3.63, 3.8) is 0 Å². The average Bonchev–Trinajstić information content (AvgIpc) is 2.27. The van der Waals surface area contributed by atoms with Crippen LogP contribution in [0.2, 0.25) is 0 Å². The van der Waals surface area contributed by atoms with Crippen molar-refractivity contribution in [2.24, 2.45) is 5.92 Å². The molecule has 18 heavy (non-hydrogen) atoms. The minimum Gasteiger partial charge on any atom is -0.301 e. The van der Waals surface area contributed by atoms with Crippen LogP contribution in [-0.4, -0.2) is 6.61 Å². The largest absolute Gasteiger partial charge is 0.416 e. The summed E-state index contributed by atoms with van der Waals surface area (Å²) in [4.78, 5) is 5.24. The van der Waals surface area contributed by atoms with Gasteiger partial charge in [-0.3, -0.25) is 0 Å². The Morgan fingerprint density at radius 1 is 1.11 bits per heavy atom. The van der Waals surface area contributed by atoms with Crippen LogP contribution >= 0.6 is 0 Å². The molecule has 5 heteroatoms. The summed E-state index contributed by atoms with van der Waals surface area (Å²) in [6.07, 6.45) is -4.29. The van der Waals surface area contributed by atoms with Crippen LogP contribution in [0.25, 0.3) is 0 Å². The van der Waals surface area contributed by atoms with E-state index in [0.717, 1.165) is 17.7 Å². The lowest BCUT2D eigenvalue weighted by Crippen LogP contribution is -2.21. The fourth-order valence-electron chi connectivity index (χ4n) is 1.37. The summed E-state index contributed by atoms with van der Waals surface area (Å²) in [5.41, 5.74) is 2.93. The summed E-state index contributed by atoms with van der Waals surface area (Å²) >= 11 is 0. The first-order valence-corrected chi connectivity index (χ1v) is 5.85. The molecule has 2 nitrogen and oxygen atoms in total. The van der Waals surface area contributed by atoms with Crippen LogP contribution in [-0.2, 0) is 11.0 Å². The predicted molar refractivity (Wildman–Crippen MR) is 63.8 cm³/mol. The van der Waals surface area contributed by atoms with Gasteiger partial charge in [-0.1, -0.05) is 26.0 Å². The van der Waals surface area contributed by atoms with Gasteiger partial charge >= 0.3 is 6.18 Å². The zero-order chi connectivity index (χ0) is 13.8. The second-order valence-corrected chi connectivity index (χ2v) is 4.66. The molecule has 1 aromatic rings. The van der Waals surface area contributed by atoms with Crippen LogP contribution in [0.4, 0.5) is 13.2 Å². The van der Waals surface area contributed by atoms with Crippen LogP contribution in [0, 0.1) is 5.92 Å². The number of alkyl halides is 3. The van der Waals surface area contributed by atoms with E-state index in [1.807, 2.05) is 20.8 Å². The number of halogens is 3. The van der Waals surface area contributed by atoms with Gasteiger partial charge in [-0.25, -0.2) is 0 Å². The van der Waals surface area contributed by atoms with Gasteiger partial charge in [-0.05, 0) is 30.5 Å². The first-order valence-electron chi connectivity index (χ1n) is 5.85. The monoisotopic (exact) mass is 261 g/mol. The molecule has 102 valence electrons. The molecule has 1 aromatic carbocycles. The van der Waals surface area contributed by atoms with E-state index < -0.39 is 11.7 Å². The topological polar surface area (TPSA) is 21.3 Å². The maximum atomic E-state index is 12.4. The highest BCUT2D eigenvalue weighted by Gasteiger charge is 2.30. The second kappa shape index (κ2) is 6.20. The lowest BCUT2D eigenvalue weighted by molar-refractivity contribution is -0.137. The predicted octanol–water partition coefficient (Wildman–Crippen LogP) is 3.94. The SMILES string of the molecule is CC(C)CONC(C)c1ccc(C(F)(F)F)cc1. The number of benzene rings is 1. The summed E-state index contributed by atoms with van der Waals surface area (Å²) in [6, 6.07) is 4.93. The van der Waals surface area contributed by atoms with E-state index in [4.69, 9.17) is 4.84 Å². The molecule has 0 aromatic heterocycles. The molecule has 0 heterocycles. The minimum absolute atomic E-state index is 0.147. The van der Waals surface area contributed by atoms with E-state index in [9.17, 15) is 13.2 Å². The molecular weight excluding hydrogens is 243 g/mol. The van der Waals surface area contributed by atoms with Gasteiger partial charge < -0.3 is 4.84 Å². The molecule has 0 aliphatic heterocycles. The van der Waals surface area contributed by atoms with Gasteiger partial charge in [0.05, 0.1) is 18.2 Å². The molecule has 1 unspecified atom stereocenters. The molecule has 0 amide bonds. The Labute approximate surface area is 105 Å². The molecule has 1 rings (SSSR count). The second-order valence-electron chi connectivity index (χ2n) is 4.66. The summed E-state index contributed by atoms with van der Waals surface area (Å²) in [5, 5.41) is 0. The number of hydrogen-bond donors (Lipinski definition) is 1. The first kappa shape index (κ1) is 15.0. The number of hydrogen-bond acceptors (Lipinski definition) is 2. The van der Waals surface area contributed by atoms with Gasteiger partial charge in [-0.15, -0.1) is 0 Å². The summed E-state index contributed by atoms with van der Waals surface area (Å²) in [7, 11) is 0. The third kappa shape index (κ3) is 4.66. The van der Waals surface area contributed by atoms with Gasteiger partial charge in [0.1, 0.15) is 0 Å². The lowest BCUT2D eigenvalue weighted by atomic mass is 10.1. The lowest BCUT2D eigenvalue weighted by Gasteiger charge is -2.16. The number of rotatable bonds is 5. The van der Waals surface area contributed by atoms with Crippen molar-refractivity contribution in [2.75, 3.05) is 6.61 Å². The van der Waals surface area contributed by atoms with Crippen molar-refractivity contribution in [3.05, 3.63) is 35.4 Å². The molecule has 0 bridgehead atoms. The highest BCUT2D eigenvalue weighted by Crippen LogP contribution is 2.29. The molecule has 0 aliphatic carbocycles.